The number of rotatable bonds is 19. The average molecular weight is 572 g/mol. The van der Waals surface area contributed by atoms with Crippen molar-refractivity contribution in [3.05, 3.63) is 90.1 Å². The van der Waals surface area contributed by atoms with Crippen LogP contribution in [0.15, 0.2) is 79.0 Å². The number of esters is 2. The summed E-state index contributed by atoms with van der Waals surface area (Å²) in [4.78, 5) is 28.6. The van der Waals surface area contributed by atoms with Gasteiger partial charge in [0, 0.05) is 17.3 Å². The van der Waals surface area contributed by atoms with Gasteiger partial charge in [0.15, 0.2) is 0 Å². The number of ether oxygens (including phenoxy) is 3. The highest BCUT2D eigenvalue weighted by Gasteiger charge is 2.10. The van der Waals surface area contributed by atoms with E-state index >= 15 is 0 Å². The van der Waals surface area contributed by atoms with Gasteiger partial charge in [-0.3, -0.25) is 4.98 Å². The first-order chi connectivity index (χ1) is 20.5. The maximum absolute atomic E-state index is 12.6. The number of carbonyl (C=O) groups is 2. The fourth-order valence-electron chi connectivity index (χ4n) is 4.44. The van der Waals surface area contributed by atoms with Crippen molar-refractivity contribution in [2.45, 2.75) is 84.5 Å². The second kappa shape index (κ2) is 18.5. The van der Waals surface area contributed by atoms with E-state index in [0.29, 0.717) is 30.1 Å². The zero-order valence-electron chi connectivity index (χ0n) is 25.2. The van der Waals surface area contributed by atoms with Crippen molar-refractivity contribution in [1.82, 2.24) is 4.98 Å². The molecule has 0 saturated heterocycles. The van der Waals surface area contributed by atoms with Gasteiger partial charge in [-0.1, -0.05) is 64.5 Å². The van der Waals surface area contributed by atoms with Gasteiger partial charge in [-0.25, -0.2) is 9.59 Å². The molecule has 0 atom stereocenters. The number of pyridine rings is 1. The Balaban J connectivity index is 1.32. The summed E-state index contributed by atoms with van der Waals surface area (Å²) in [5, 5.41) is 0. The number of carbonyl (C=O) groups excluding carboxylic acids is 2. The number of unbranched alkanes of at least 4 members (excludes halogenated alkanes) is 8. The fourth-order valence-corrected chi connectivity index (χ4v) is 4.44. The van der Waals surface area contributed by atoms with Crippen LogP contribution >= 0.6 is 0 Å². The summed E-state index contributed by atoms with van der Waals surface area (Å²) in [6, 6.07) is 18.7. The van der Waals surface area contributed by atoms with Crippen LogP contribution in [-0.4, -0.2) is 30.1 Å². The lowest BCUT2D eigenvalue weighted by Gasteiger charge is -2.08. The number of hydrogen-bond donors (Lipinski definition) is 0. The van der Waals surface area contributed by atoms with Gasteiger partial charge in [-0.15, -0.1) is 0 Å². The highest BCUT2D eigenvalue weighted by molar-refractivity contribution is 5.91. The van der Waals surface area contributed by atoms with Crippen molar-refractivity contribution in [3.8, 4) is 22.8 Å². The molecule has 0 fully saturated rings. The molecule has 0 radical (unpaired) electrons. The van der Waals surface area contributed by atoms with E-state index in [0.717, 1.165) is 62.0 Å². The minimum Gasteiger partial charge on any atom is -0.494 e. The number of hydrogen-bond acceptors (Lipinski definition) is 6. The predicted octanol–water partition coefficient (Wildman–Crippen LogP) is 8.93. The molecule has 0 N–H and O–H groups in total. The molecule has 0 aliphatic heterocycles. The fraction of sp³-hybridized carbons (Fsp3) is 0.417. The second-order valence-electron chi connectivity index (χ2n) is 10.7. The van der Waals surface area contributed by atoms with Gasteiger partial charge >= 0.3 is 11.9 Å². The Hall–Kier alpha value is -3.93. The van der Waals surface area contributed by atoms with Gasteiger partial charge in [-0.05, 0) is 92.8 Å². The molecule has 0 amide bonds. The third kappa shape index (κ3) is 11.9. The van der Waals surface area contributed by atoms with Crippen LogP contribution in [0.5, 0.6) is 11.5 Å². The monoisotopic (exact) mass is 571 g/mol. The van der Waals surface area contributed by atoms with Crippen molar-refractivity contribution in [1.29, 1.82) is 0 Å². The molecule has 6 heteroatoms. The first-order valence-corrected chi connectivity index (χ1v) is 15.3. The molecular weight excluding hydrogens is 526 g/mol. The quantitative estimate of drug-likeness (QED) is 0.0619. The lowest BCUT2D eigenvalue weighted by Crippen LogP contribution is -2.08. The van der Waals surface area contributed by atoms with E-state index < -0.39 is 5.97 Å². The molecule has 0 aliphatic rings. The minimum atomic E-state index is -0.408. The maximum atomic E-state index is 12.6. The highest BCUT2D eigenvalue weighted by Crippen LogP contribution is 2.23. The molecule has 224 valence electrons. The Morgan fingerprint density at radius 3 is 2.02 bits per heavy atom. The Bertz CT molecular complexity index is 1230. The smallest absolute Gasteiger partial charge is 0.343 e. The molecule has 0 aliphatic carbocycles. The largest absolute Gasteiger partial charge is 0.494 e. The summed E-state index contributed by atoms with van der Waals surface area (Å²) < 4.78 is 16.5. The Labute approximate surface area is 251 Å². The van der Waals surface area contributed by atoms with Crippen LogP contribution in [0.1, 0.15) is 94.0 Å². The SMILES string of the molecule is C=C(C)C(=O)OCCCCCCCCOc1ccc(C(=O)Oc2ccc(-c3ccc(CCCCCC)cn3)cc2)cc1. The van der Waals surface area contributed by atoms with E-state index in [9.17, 15) is 9.59 Å². The van der Waals surface area contributed by atoms with Crippen molar-refractivity contribution >= 4 is 11.9 Å². The highest BCUT2D eigenvalue weighted by atomic mass is 16.5. The molecule has 0 unspecified atom stereocenters. The van der Waals surface area contributed by atoms with Crippen molar-refractivity contribution in [3.63, 3.8) is 0 Å². The molecule has 1 aromatic heterocycles. The zero-order chi connectivity index (χ0) is 30.0. The summed E-state index contributed by atoms with van der Waals surface area (Å²) >= 11 is 0. The van der Waals surface area contributed by atoms with Gasteiger partial charge in [0.05, 0.1) is 24.5 Å². The van der Waals surface area contributed by atoms with Gasteiger partial charge in [0.1, 0.15) is 11.5 Å². The average Bonchev–Trinajstić information content (AvgIpc) is 3.01. The van der Waals surface area contributed by atoms with E-state index in [2.05, 4.69) is 30.6 Å². The van der Waals surface area contributed by atoms with Crippen LogP contribution < -0.4 is 9.47 Å². The summed E-state index contributed by atoms with van der Waals surface area (Å²) in [6.45, 7) is 8.53. The van der Waals surface area contributed by atoms with E-state index in [4.69, 9.17) is 14.2 Å². The molecule has 0 saturated carbocycles. The Kier molecular flexibility index (Phi) is 14.3. The lowest BCUT2D eigenvalue weighted by molar-refractivity contribution is -0.139. The summed E-state index contributed by atoms with van der Waals surface area (Å²) in [5.74, 6) is 0.499. The maximum Gasteiger partial charge on any atom is 0.343 e. The second-order valence-corrected chi connectivity index (χ2v) is 10.7. The first kappa shape index (κ1) is 32.6. The predicted molar refractivity (Wildman–Crippen MR) is 168 cm³/mol. The Morgan fingerprint density at radius 2 is 1.38 bits per heavy atom. The molecule has 6 nitrogen and oxygen atoms in total. The van der Waals surface area contributed by atoms with E-state index in [-0.39, 0.29) is 5.97 Å². The minimum absolute atomic E-state index is 0.315. The molecule has 0 spiro atoms. The van der Waals surface area contributed by atoms with Crippen molar-refractivity contribution in [2.24, 2.45) is 0 Å². The van der Waals surface area contributed by atoms with Crippen LogP contribution in [0.25, 0.3) is 11.3 Å². The number of aryl methyl sites for hydroxylation is 1. The van der Waals surface area contributed by atoms with E-state index in [1.54, 1.807) is 43.3 Å². The molecule has 3 aromatic rings. The van der Waals surface area contributed by atoms with Crippen molar-refractivity contribution in [2.75, 3.05) is 13.2 Å². The standard InChI is InChI=1S/C36H45NO5/c1-4-5-6-11-14-29-15-24-34(37-27-29)30-16-22-33(23-17-30)42-36(39)31-18-20-32(21-19-31)40-25-12-9-7-8-10-13-26-41-35(38)28(2)3/h15-24,27H,2,4-14,25-26H2,1,3H3. The van der Waals surface area contributed by atoms with Crippen LogP contribution in [0.3, 0.4) is 0 Å². The summed E-state index contributed by atoms with van der Waals surface area (Å²) in [7, 11) is 0. The van der Waals surface area contributed by atoms with E-state index in [1.165, 1.54) is 31.2 Å². The third-order valence-electron chi connectivity index (χ3n) is 6.98. The van der Waals surface area contributed by atoms with Gasteiger partial charge in [0.25, 0.3) is 0 Å². The van der Waals surface area contributed by atoms with Crippen molar-refractivity contribution < 1.29 is 23.8 Å². The van der Waals surface area contributed by atoms with Gasteiger partial charge in [-0.2, -0.15) is 0 Å². The number of nitrogens with zero attached hydrogens (tertiary/aromatic N) is 1. The molecule has 1 heterocycles. The van der Waals surface area contributed by atoms with E-state index in [1.807, 2.05) is 18.3 Å². The molecule has 2 aromatic carbocycles. The van der Waals surface area contributed by atoms with Crippen LogP contribution in [0, 0.1) is 0 Å². The summed E-state index contributed by atoms with van der Waals surface area (Å²) in [6.07, 6.45) is 14.2. The van der Waals surface area contributed by atoms with Gasteiger partial charge in [0.2, 0.25) is 0 Å². The lowest BCUT2D eigenvalue weighted by atomic mass is 10.1. The zero-order valence-corrected chi connectivity index (χ0v) is 25.2. The number of aromatic nitrogens is 1. The topological polar surface area (TPSA) is 74.7 Å². The summed E-state index contributed by atoms with van der Waals surface area (Å²) in [5.41, 5.74) is 4.06. The third-order valence-corrected chi connectivity index (χ3v) is 6.98. The molecular formula is C36H45NO5. The Morgan fingerprint density at radius 1 is 0.738 bits per heavy atom. The normalized spacial score (nSPS) is 10.7. The van der Waals surface area contributed by atoms with Crippen LogP contribution in [0.2, 0.25) is 0 Å². The molecule has 3 rings (SSSR count). The molecule has 42 heavy (non-hydrogen) atoms. The first-order valence-electron chi connectivity index (χ1n) is 15.3. The van der Waals surface area contributed by atoms with Crippen LogP contribution in [-0.2, 0) is 16.0 Å². The molecule has 0 bridgehead atoms. The number of benzene rings is 2. The van der Waals surface area contributed by atoms with Crippen LogP contribution in [0.4, 0.5) is 0 Å². The van der Waals surface area contributed by atoms with Gasteiger partial charge < -0.3 is 14.2 Å².